The number of fused-ring (bicyclic) bond motifs is 3. The van der Waals surface area contributed by atoms with E-state index in [0.29, 0.717) is 12.6 Å². The molecule has 1 atom stereocenters. The zero-order valence-electron chi connectivity index (χ0n) is 16.8. The van der Waals surface area contributed by atoms with E-state index in [0.717, 1.165) is 48.1 Å². The van der Waals surface area contributed by atoms with Crippen LogP contribution in [0.3, 0.4) is 0 Å². The van der Waals surface area contributed by atoms with E-state index in [1.54, 1.807) is 28.4 Å². The fourth-order valence-electron chi connectivity index (χ4n) is 4.22. The van der Waals surface area contributed by atoms with Crippen molar-refractivity contribution in [3.05, 3.63) is 93.1 Å². The average Bonchev–Trinajstić information content (AvgIpc) is 3.16. The second-order valence-corrected chi connectivity index (χ2v) is 8.90. The molecule has 0 fully saturated rings. The molecular weight excluding hydrogens is 392 g/mol. The van der Waals surface area contributed by atoms with Crippen LogP contribution in [0.15, 0.2) is 65.8 Å². The summed E-state index contributed by atoms with van der Waals surface area (Å²) in [6, 6.07) is 16.8. The molecule has 1 aromatic carbocycles. The van der Waals surface area contributed by atoms with Crippen LogP contribution in [0.5, 0.6) is 0 Å². The first-order valence-electron chi connectivity index (χ1n) is 10.4. The zero-order chi connectivity index (χ0) is 20.3. The molecule has 0 amide bonds. The predicted molar refractivity (Wildman–Crippen MR) is 121 cm³/mol. The van der Waals surface area contributed by atoms with Crippen LogP contribution < -0.4 is 10.9 Å². The van der Waals surface area contributed by atoms with Gasteiger partial charge in [-0.1, -0.05) is 36.4 Å². The highest BCUT2D eigenvalue weighted by Crippen LogP contribution is 2.33. The molecule has 3 aromatic heterocycles. The van der Waals surface area contributed by atoms with Crippen LogP contribution >= 0.6 is 11.3 Å². The van der Waals surface area contributed by atoms with Crippen molar-refractivity contribution in [1.29, 1.82) is 0 Å². The van der Waals surface area contributed by atoms with Crippen LogP contribution in [0.2, 0.25) is 0 Å². The Labute approximate surface area is 179 Å². The van der Waals surface area contributed by atoms with Crippen LogP contribution in [0.4, 0.5) is 0 Å². The van der Waals surface area contributed by atoms with E-state index < -0.39 is 0 Å². The summed E-state index contributed by atoms with van der Waals surface area (Å²) in [6.07, 6.45) is 7.42. The topological polar surface area (TPSA) is 59.8 Å². The Kier molecular flexibility index (Phi) is 5.43. The molecule has 1 unspecified atom stereocenters. The predicted octanol–water partition coefficient (Wildman–Crippen LogP) is 3.59. The highest BCUT2D eigenvalue weighted by molar-refractivity contribution is 7.18. The highest BCUT2D eigenvalue weighted by Gasteiger charge is 2.25. The minimum atomic E-state index is 0.0543. The van der Waals surface area contributed by atoms with Gasteiger partial charge in [-0.3, -0.25) is 14.3 Å². The summed E-state index contributed by atoms with van der Waals surface area (Å²) in [5.41, 5.74) is 3.50. The lowest BCUT2D eigenvalue weighted by Crippen LogP contribution is -2.35. The van der Waals surface area contributed by atoms with E-state index in [1.165, 1.54) is 16.0 Å². The normalized spacial score (nSPS) is 15.9. The van der Waals surface area contributed by atoms with Crippen molar-refractivity contribution < 1.29 is 0 Å². The maximum atomic E-state index is 13.2. The monoisotopic (exact) mass is 416 g/mol. The lowest BCUT2D eigenvalue weighted by atomic mass is 9.93. The lowest BCUT2D eigenvalue weighted by molar-refractivity contribution is 0.466. The number of aromatic nitrogens is 3. The summed E-state index contributed by atoms with van der Waals surface area (Å²) in [7, 11) is 0. The molecule has 1 aliphatic rings. The lowest BCUT2D eigenvalue weighted by Gasteiger charge is -2.23. The molecule has 3 heterocycles. The van der Waals surface area contributed by atoms with Crippen LogP contribution in [0, 0.1) is 0 Å². The van der Waals surface area contributed by atoms with Crippen molar-refractivity contribution >= 4 is 21.6 Å². The van der Waals surface area contributed by atoms with Crippen molar-refractivity contribution in [2.45, 2.75) is 38.3 Å². The van der Waals surface area contributed by atoms with E-state index in [-0.39, 0.29) is 5.56 Å². The molecule has 4 aromatic rings. The summed E-state index contributed by atoms with van der Waals surface area (Å²) in [4.78, 5) is 24.3. The van der Waals surface area contributed by atoms with Gasteiger partial charge in [0.25, 0.3) is 5.56 Å². The van der Waals surface area contributed by atoms with Gasteiger partial charge < -0.3 is 5.32 Å². The minimum absolute atomic E-state index is 0.0543. The largest absolute Gasteiger partial charge is 0.313 e. The molecule has 0 radical (unpaired) electrons. The van der Waals surface area contributed by atoms with Crippen molar-refractivity contribution in [2.75, 3.05) is 6.54 Å². The van der Waals surface area contributed by atoms with Crippen molar-refractivity contribution in [3.8, 4) is 0 Å². The Bertz CT molecular complexity index is 1200. The van der Waals surface area contributed by atoms with Crippen molar-refractivity contribution in [2.24, 2.45) is 0 Å². The number of hydrogen-bond acceptors (Lipinski definition) is 5. The summed E-state index contributed by atoms with van der Waals surface area (Å²) in [5, 5.41) is 4.52. The van der Waals surface area contributed by atoms with Crippen LogP contribution in [-0.4, -0.2) is 27.1 Å². The third-order valence-electron chi connectivity index (χ3n) is 5.78. The second kappa shape index (κ2) is 8.50. The molecule has 5 nitrogen and oxygen atoms in total. The Morgan fingerprint density at radius 2 is 1.97 bits per heavy atom. The van der Waals surface area contributed by atoms with Crippen molar-refractivity contribution in [3.63, 3.8) is 0 Å². The minimum Gasteiger partial charge on any atom is -0.313 e. The van der Waals surface area contributed by atoms with Gasteiger partial charge in [0, 0.05) is 17.1 Å². The summed E-state index contributed by atoms with van der Waals surface area (Å²) in [5.74, 6) is 0. The van der Waals surface area contributed by atoms with Crippen LogP contribution in [0.25, 0.3) is 10.2 Å². The third kappa shape index (κ3) is 3.93. The van der Waals surface area contributed by atoms with Gasteiger partial charge in [0.1, 0.15) is 4.83 Å². The van der Waals surface area contributed by atoms with Gasteiger partial charge in [-0.15, -0.1) is 11.3 Å². The maximum absolute atomic E-state index is 13.2. The summed E-state index contributed by atoms with van der Waals surface area (Å²) < 4.78 is 1.68. The van der Waals surface area contributed by atoms with Gasteiger partial charge in [0.15, 0.2) is 0 Å². The van der Waals surface area contributed by atoms with Gasteiger partial charge in [0.2, 0.25) is 0 Å². The highest BCUT2D eigenvalue weighted by atomic mass is 32.1. The number of aryl methyl sites for hydroxylation is 1. The van der Waals surface area contributed by atoms with Gasteiger partial charge in [-0.2, -0.15) is 0 Å². The average molecular weight is 417 g/mol. The molecule has 152 valence electrons. The molecule has 0 aliphatic heterocycles. The molecule has 6 heteroatoms. The number of nitrogens with zero attached hydrogens (tertiary/aromatic N) is 3. The van der Waals surface area contributed by atoms with E-state index in [9.17, 15) is 4.79 Å². The zero-order valence-corrected chi connectivity index (χ0v) is 17.6. The smallest absolute Gasteiger partial charge is 0.262 e. The Balaban J connectivity index is 1.32. The molecule has 1 N–H and O–H groups in total. The summed E-state index contributed by atoms with van der Waals surface area (Å²) >= 11 is 1.68. The van der Waals surface area contributed by atoms with E-state index >= 15 is 0 Å². The number of hydrogen-bond donors (Lipinski definition) is 1. The Morgan fingerprint density at radius 1 is 1.10 bits per heavy atom. The molecule has 0 bridgehead atoms. The number of nitrogens with one attached hydrogen (secondary N) is 1. The van der Waals surface area contributed by atoms with Crippen LogP contribution in [-0.2, 0) is 25.8 Å². The number of thiophene rings is 1. The summed E-state index contributed by atoms with van der Waals surface area (Å²) in [6.45, 7) is 1.43. The quantitative estimate of drug-likeness (QED) is 0.522. The van der Waals surface area contributed by atoms with Crippen molar-refractivity contribution in [1.82, 2.24) is 19.9 Å². The third-order valence-corrected chi connectivity index (χ3v) is 6.95. The standard InChI is InChI=1S/C24H24N4OS/c29-24-22-20-10-9-18(26-13-11-17-6-2-1-3-7-17)14-21(20)30-23(22)27-16-28(24)15-19-8-4-5-12-25-19/h1-8,12,16,18,26H,9-11,13-15H2. The first-order chi connectivity index (χ1) is 14.8. The Morgan fingerprint density at radius 3 is 2.80 bits per heavy atom. The van der Waals surface area contributed by atoms with Gasteiger partial charge in [-0.05, 0) is 55.5 Å². The fraction of sp³-hybridized carbons (Fsp3) is 0.292. The molecule has 0 saturated carbocycles. The molecule has 30 heavy (non-hydrogen) atoms. The van der Waals surface area contributed by atoms with E-state index in [4.69, 9.17) is 0 Å². The SMILES string of the molecule is O=c1c2c3c(sc2ncn1Cc1ccccn1)CC(NCCc1ccccc1)CC3. The molecule has 1 aliphatic carbocycles. The molecule has 5 rings (SSSR count). The van der Waals surface area contributed by atoms with Gasteiger partial charge >= 0.3 is 0 Å². The van der Waals surface area contributed by atoms with Gasteiger partial charge in [0.05, 0.1) is 24.0 Å². The first kappa shape index (κ1) is 19.2. The second-order valence-electron chi connectivity index (χ2n) is 7.81. The number of rotatable bonds is 6. The van der Waals surface area contributed by atoms with E-state index in [1.807, 2.05) is 18.2 Å². The maximum Gasteiger partial charge on any atom is 0.262 e. The van der Waals surface area contributed by atoms with Gasteiger partial charge in [-0.25, -0.2) is 4.98 Å². The number of pyridine rings is 1. The first-order valence-corrected chi connectivity index (χ1v) is 11.3. The van der Waals surface area contributed by atoms with E-state index in [2.05, 4.69) is 45.6 Å². The number of benzene rings is 1. The Hall–Kier alpha value is -2.83. The molecule has 0 saturated heterocycles. The molecular formula is C24H24N4OS. The van der Waals surface area contributed by atoms with Crippen LogP contribution in [0.1, 0.15) is 28.1 Å². The fourth-order valence-corrected chi connectivity index (χ4v) is 5.48. The molecule has 0 spiro atoms.